The molecule has 6 heteroatoms. The van der Waals surface area contributed by atoms with E-state index in [1.807, 2.05) is 26.0 Å². The summed E-state index contributed by atoms with van der Waals surface area (Å²) in [4.78, 5) is 18.4. The number of aryl methyl sites for hydroxylation is 2. The van der Waals surface area contributed by atoms with Crippen molar-refractivity contribution >= 4 is 11.5 Å². The molecular formula is C12H12N4O2. The van der Waals surface area contributed by atoms with Crippen LogP contribution in [0.3, 0.4) is 0 Å². The Morgan fingerprint density at radius 1 is 1.17 bits per heavy atom. The molecule has 2 aromatic rings. The quantitative estimate of drug-likeness (QED) is 0.645. The second-order valence-corrected chi connectivity index (χ2v) is 4.00. The minimum atomic E-state index is -0.546. The van der Waals surface area contributed by atoms with Gasteiger partial charge in [0, 0.05) is 23.0 Å². The van der Waals surface area contributed by atoms with Gasteiger partial charge in [0.15, 0.2) is 0 Å². The van der Waals surface area contributed by atoms with Gasteiger partial charge >= 0.3 is 5.69 Å². The molecule has 0 unspecified atom stereocenters. The van der Waals surface area contributed by atoms with Crippen molar-refractivity contribution in [3.63, 3.8) is 0 Å². The Labute approximate surface area is 104 Å². The standard InChI is InChI=1S/C12H12N4O2/c1-7-5-9(6-8(2)14-7)10-3-4-11(16(17)18)12(13)15-10/h3-6H,1-2H3,(H2,13,15). The second-order valence-electron chi connectivity index (χ2n) is 4.00. The summed E-state index contributed by atoms with van der Waals surface area (Å²) in [6.07, 6.45) is 0. The topological polar surface area (TPSA) is 94.9 Å². The normalized spacial score (nSPS) is 10.3. The fourth-order valence-corrected chi connectivity index (χ4v) is 1.77. The lowest BCUT2D eigenvalue weighted by Gasteiger charge is -2.05. The summed E-state index contributed by atoms with van der Waals surface area (Å²) < 4.78 is 0. The van der Waals surface area contributed by atoms with Gasteiger partial charge in [0.2, 0.25) is 5.82 Å². The van der Waals surface area contributed by atoms with Crippen molar-refractivity contribution in [3.8, 4) is 11.3 Å². The average Bonchev–Trinajstić information content (AvgIpc) is 2.26. The van der Waals surface area contributed by atoms with E-state index in [1.54, 1.807) is 6.07 Å². The molecule has 0 aliphatic heterocycles. The molecule has 92 valence electrons. The maximum absolute atomic E-state index is 10.7. The highest BCUT2D eigenvalue weighted by molar-refractivity contribution is 5.65. The van der Waals surface area contributed by atoms with Crippen LogP contribution in [0.15, 0.2) is 24.3 Å². The van der Waals surface area contributed by atoms with Gasteiger partial charge in [-0.3, -0.25) is 15.1 Å². The summed E-state index contributed by atoms with van der Waals surface area (Å²) >= 11 is 0. The van der Waals surface area contributed by atoms with Gasteiger partial charge in [0.05, 0.1) is 10.6 Å². The molecule has 2 N–H and O–H groups in total. The molecular weight excluding hydrogens is 232 g/mol. The van der Waals surface area contributed by atoms with E-state index in [4.69, 9.17) is 5.73 Å². The van der Waals surface area contributed by atoms with Crippen LogP contribution < -0.4 is 5.73 Å². The Morgan fingerprint density at radius 2 is 1.78 bits per heavy atom. The fraction of sp³-hybridized carbons (Fsp3) is 0.167. The number of hydrogen-bond acceptors (Lipinski definition) is 5. The molecule has 0 aliphatic rings. The highest BCUT2D eigenvalue weighted by atomic mass is 16.6. The molecule has 0 atom stereocenters. The number of anilines is 1. The number of nitrogens with zero attached hydrogens (tertiary/aromatic N) is 3. The van der Waals surface area contributed by atoms with Gasteiger partial charge in [-0.2, -0.15) is 0 Å². The molecule has 2 aromatic heterocycles. The number of nitrogens with two attached hydrogens (primary N) is 1. The number of aromatic nitrogens is 2. The van der Waals surface area contributed by atoms with Crippen LogP contribution in [0, 0.1) is 24.0 Å². The average molecular weight is 244 g/mol. The molecule has 0 saturated heterocycles. The minimum Gasteiger partial charge on any atom is -0.378 e. The number of rotatable bonds is 2. The third-order valence-corrected chi connectivity index (χ3v) is 2.48. The number of pyridine rings is 2. The van der Waals surface area contributed by atoms with Gasteiger partial charge in [0.25, 0.3) is 0 Å². The van der Waals surface area contributed by atoms with Crippen LogP contribution in [0.2, 0.25) is 0 Å². The highest BCUT2D eigenvalue weighted by Gasteiger charge is 2.13. The van der Waals surface area contributed by atoms with Crippen molar-refractivity contribution in [2.75, 3.05) is 5.73 Å². The first-order chi connectivity index (χ1) is 8.47. The molecule has 0 saturated carbocycles. The Bertz CT molecular complexity index is 605. The molecule has 0 amide bonds. The molecule has 18 heavy (non-hydrogen) atoms. The van der Waals surface area contributed by atoms with Gasteiger partial charge in [-0.1, -0.05) is 0 Å². The van der Waals surface area contributed by atoms with E-state index in [2.05, 4.69) is 9.97 Å². The first kappa shape index (κ1) is 12.0. The van der Waals surface area contributed by atoms with Gasteiger partial charge < -0.3 is 5.73 Å². The molecule has 0 spiro atoms. The molecule has 0 aliphatic carbocycles. The monoisotopic (exact) mass is 244 g/mol. The molecule has 0 bridgehead atoms. The molecule has 0 aromatic carbocycles. The van der Waals surface area contributed by atoms with Crippen LogP contribution in [0.4, 0.5) is 11.5 Å². The Morgan fingerprint density at radius 3 is 2.28 bits per heavy atom. The van der Waals surface area contributed by atoms with Crippen molar-refractivity contribution in [1.82, 2.24) is 9.97 Å². The van der Waals surface area contributed by atoms with Crippen molar-refractivity contribution in [2.24, 2.45) is 0 Å². The zero-order valence-corrected chi connectivity index (χ0v) is 10.0. The van der Waals surface area contributed by atoms with Crippen LogP contribution in [0.25, 0.3) is 11.3 Å². The molecule has 2 heterocycles. The van der Waals surface area contributed by atoms with Gasteiger partial charge in [-0.15, -0.1) is 0 Å². The lowest BCUT2D eigenvalue weighted by Crippen LogP contribution is -1.99. The van der Waals surface area contributed by atoms with Crippen LogP contribution >= 0.6 is 0 Å². The van der Waals surface area contributed by atoms with Crippen LogP contribution in [-0.2, 0) is 0 Å². The summed E-state index contributed by atoms with van der Waals surface area (Å²) in [6.45, 7) is 3.76. The molecule has 0 fully saturated rings. The van der Waals surface area contributed by atoms with E-state index in [0.717, 1.165) is 17.0 Å². The van der Waals surface area contributed by atoms with E-state index in [9.17, 15) is 10.1 Å². The minimum absolute atomic E-state index is 0.0791. The van der Waals surface area contributed by atoms with Crippen molar-refractivity contribution < 1.29 is 4.92 Å². The van der Waals surface area contributed by atoms with Crippen molar-refractivity contribution in [3.05, 3.63) is 45.8 Å². The summed E-state index contributed by atoms with van der Waals surface area (Å²) in [5.74, 6) is -0.0791. The van der Waals surface area contributed by atoms with Crippen LogP contribution in [0.5, 0.6) is 0 Å². The van der Waals surface area contributed by atoms with E-state index >= 15 is 0 Å². The predicted molar refractivity (Wildman–Crippen MR) is 68.0 cm³/mol. The van der Waals surface area contributed by atoms with E-state index < -0.39 is 4.92 Å². The SMILES string of the molecule is Cc1cc(-c2ccc([N+](=O)[O-])c(N)n2)cc(C)n1. The van der Waals surface area contributed by atoms with Crippen molar-refractivity contribution in [1.29, 1.82) is 0 Å². The number of hydrogen-bond donors (Lipinski definition) is 1. The smallest absolute Gasteiger partial charge is 0.311 e. The molecule has 0 radical (unpaired) electrons. The zero-order chi connectivity index (χ0) is 13.3. The Hall–Kier alpha value is -2.50. The second kappa shape index (κ2) is 4.40. The maximum atomic E-state index is 10.7. The Balaban J connectivity index is 2.52. The largest absolute Gasteiger partial charge is 0.378 e. The third kappa shape index (κ3) is 2.27. The maximum Gasteiger partial charge on any atom is 0.311 e. The first-order valence-corrected chi connectivity index (χ1v) is 5.34. The summed E-state index contributed by atoms with van der Waals surface area (Å²) in [6, 6.07) is 6.67. The third-order valence-electron chi connectivity index (χ3n) is 2.48. The van der Waals surface area contributed by atoms with Crippen LogP contribution in [0.1, 0.15) is 11.4 Å². The summed E-state index contributed by atoms with van der Waals surface area (Å²) in [7, 11) is 0. The first-order valence-electron chi connectivity index (χ1n) is 5.34. The lowest BCUT2D eigenvalue weighted by molar-refractivity contribution is -0.384. The van der Waals surface area contributed by atoms with E-state index in [0.29, 0.717) is 5.69 Å². The fourth-order valence-electron chi connectivity index (χ4n) is 1.77. The Kier molecular flexibility index (Phi) is 2.93. The van der Waals surface area contributed by atoms with Gasteiger partial charge in [-0.25, -0.2) is 4.98 Å². The van der Waals surface area contributed by atoms with Crippen molar-refractivity contribution in [2.45, 2.75) is 13.8 Å². The lowest BCUT2D eigenvalue weighted by atomic mass is 10.1. The summed E-state index contributed by atoms with van der Waals surface area (Å²) in [5, 5.41) is 10.7. The number of nitrogen functional groups attached to an aromatic ring is 1. The number of nitro groups is 1. The highest BCUT2D eigenvalue weighted by Crippen LogP contribution is 2.25. The van der Waals surface area contributed by atoms with E-state index in [1.165, 1.54) is 6.07 Å². The van der Waals surface area contributed by atoms with Gasteiger partial charge in [0.1, 0.15) is 0 Å². The summed E-state index contributed by atoms with van der Waals surface area (Å²) in [5.41, 5.74) is 8.57. The zero-order valence-electron chi connectivity index (χ0n) is 10.0. The van der Waals surface area contributed by atoms with Crippen LogP contribution in [-0.4, -0.2) is 14.9 Å². The predicted octanol–water partition coefficient (Wildman–Crippen LogP) is 2.25. The van der Waals surface area contributed by atoms with Gasteiger partial charge in [-0.05, 0) is 32.0 Å². The molecule has 2 rings (SSSR count). The molecule has 6 nitrogen and oxygen atoms in total. The van der Waals surface area contributed by atoms with E-state index in [-0.39, 0.29) is 11.5 Å².